The summed E-state index contributed by atoms with van der Waals surface area (Å²) in [6, 6.07) is 1.87. The fourth-order valence-electron chi connectivity index (χ4n) is 1.56. The molecule has 0 fully saturated rings. The maximum Gasteiger partial charge on any atom is 0.270 e. The van der Waals surface area contributed by atoms with Crippen molar-refractivity contribution < 1.29 is 4.79 Å². The molecule has 0 N–H and O–H groups in total. The Morgan fingerprint density at radius 2 is 2.00 bits per heavy atom. The van der Waals surface area contributed by atoms with E-state index in [0.717, 1.165) is 29.8 Å². The third-order valence-electron chi connectivity index (χ3n) is 2.65. The lowest BCUT2D eigenvalue weighted by molar-refractivity contribution is 0.0776. The fraction of sp³-hybridized carbons (Fsp3) is 0.583. The molecule has 1 rings (SSSR count). The standard InChI is InChI=1S/C12H20BrN3O/c1-5-16-9-10(13)8-11(16)12(17)15(4)7-6-14(2)3/h8-9H,5-7H2,1-4H3. The minimum Gasteiger partial charge on any atom is -0.343 e. The average molecular weight is 302 g/mol. The Labute approximate surface area is 111 Å². The van der Waals surface area contributed by atoms with Crippen LogP contribution >= 0.6 is 15.9 Å². The number of nitrogens with zero attached hydrogens (tertiary/aromatic N) is 3. The highest BCUT2D eigenvalue weighted by molar-refractivity contribution is 9.10. The predicted molar refractivity (Wildman–Crippen MR) is 73.3 cm³/mol. The molecular formula is C12H20BrN3O. The van der Waals surface area contributed by atoms with Gasteiger partial charge in [0.2, 0.25) is 0 Å². The minimum absolute atomic E-state index is 0.0689. The summed E-state index contributed by atoms with van der Waals surface area (Å²) in [5, 5.41) is 0. The molecule has 0 atom stereocenters. The first-order valence-electron chi connectivity index (χ1n) is 5.71. The molecule has 0 spiro atoms. The predicted octanol–water partition coefficient (Wildman–Crippen LogP) is 1.90. The zero-order chi connectivity index (χ0) is 13.0. The third-order valence-corrected chi connectivity index (χ3v) is 3.09. The second kappa shape index (κ2) is 6.21. The Kier molecular flexibility index (Phi) is 5.21. The molecule has 0 radical (unpaired) electrons. The van der Waals surface area contributed by atoms with Gasteiger partial charge in [0.1, 0.15) is 5.69 Å². The summed E-state index contributed by atoms with van der Waals surface area (Å²) in [5.41, 5.74) is 0.737. The van der Waals surface area contributed by atoms with Crippen LogP contribution in [0, 0.1) is 0 Å². The lowest BCUT2D eigenvalue weighted by atomic mass is 10.3. The fourth-order valence-corrected chi connectivity index (χ4v) is 2.03. The molecule has 17 heavy (non-hydrogen) atoms. The summed E-state index contributed by atoms with van der Waals surface area (Å²) in [6.07, 6.45) is 1.94. The van der Waals surface area contributed by atoms with Crippen molar-refractivity contribution in [3.05, 3.63) is 22.4 Å². The first-order valence-corrected chi connectivity index (χ1v) is 6.50. The smallest absolute Gasteiger partial charge is 0.270 e. The number of aromatic nitrogens is 1. The summed E-state index contributed by atoms with van der Waals surface area (Å²) in [4.78, 5) is 16.0. The highest BCUT2D eigenvalue weighted by Gasteiger charge is 2.16. The highest BCUT2D eigenvalue weighted by atomic mass is 79.9. The topological polar surface area (TPSA) is 28.5 Å². The Bertz CT molecular complexity index is 387. The molecule has 1 amide bonds. The van der Waals surface area contributed by atoms with Crippen molar-refractivity contribution in [3.63, 3.8) is 0 Å². The van der Waals surface area contributed by atoms with Crippen molar-refractivity contribution in [2.75, 3.05) is 34.2 Å². The van der Waals surface area contributed by atoms with Gasteiger partial charge in [0.15, 0.2) is 0 Å². The Morgan fingerprint density at radius 1 is 1.35 bits per heavy atom. The molecule has 1 aromatic rings. The molecule has 0 saturated carbocycles. The monoisotopic (exact) mass is 301 g/mol. The molecule has 0 aliphatic heterocycles. The summed E-state index contributed by atoms with van der Waals surface area (Å²) in [5.74, 6) is 0.0689. The van der Waals surface area contributed by atoms with Crippen LogP contribution in [0.5, 0.6) is 0 Å². The van der Waals surface area contributed by atoms with E-state index in [9.17, 15) is 4.79 Å². The molecular weight excluding hydrogens is 282 g/mol. The van der Waals surface area contributed by atoms with Crippen molar-refractivity contribution in [2.45, 2.75) is 13.5 Å². The van der Waals surface area contributed by atoms with Crippen molar-refractivity contribution in [1.82, 2.24) is 14.4 Å². The van der Waals surface area contributed by atoms with Crippen LogP contribution in [0.1, 0.15) is 17.4 Å². The van der Waals surface area contributed by atoms with Gasteiger partial charge in [-0.25, -0.2) is 0 Å². The van der Waals surface area contributed by atoms with E-state index in [1.165, 1.54) is 0 Å². The van der Waals surface area contributed by atoms with E-state index in [-0.39, 0.29) is 5.91 Å². The van der Waals surface area contributed by atoms with Gasteiger partial charge in [-0.3, -0.25) is 4.79 Å². The van der Waals surface area contributed by atoms with E-state index < -0.39 is 0 Å². The van der Waals surface area contributed by atoms with Crippen molar-refractivity contribution >= 4 is 21.8 Å². The van der Waals surface area contributed by atoms with Gasteiger partial charge < -0.3 is 14.4 Å². The lowest BCUT2D eigenvalue weighted by Crippen LogP contribution is -2.34. The average Bonchev–Trinajstić information content (AvgIpc) is 2.66. The number of amides is 1. The van der Waals surface area contributed by atoms with Crippen LogP contribution in [-0.2, 0) is 6.54 Å². The molecule has 1 heterocycles. The van der Waals surface area contributed by atoms with Crippen LogP contribution < -0.4 is 0 Å². The molecule has 0 aromatic carbocycles. The number of aryl methyl sites for hydroxylation is 1. The molecule has 96 valence electrons. The quantitative estimate of drug-likeness (QED) is 0.831. The normalized spacial score (nSPS) is 10.9. The molecule has 0 bridgehead atoms. The third kappa shape index (κ3) is 3.85. The van der Waals surface area contributed by atoms with E-state index in [0.29, 0.717) is 0 Å². The van der Waals surface area contributed by atoms with Gasteiger partial charge >= 0.3 is 0 Å². The second-order valence-corrected chi connectivity index (χ2v) is 5.28. The first-order chi connectivity index (χ1) is 7.95. The van der Waals surface area contributed by atoms with Crippen LogP contribution in [0.15, 0.2) is 16.7 Å². The maximum absolute atomic E-state index is 12.2. The minimum atomic E-state index is 0.0689. The number of hydrogen-bond donors (Lipinski definition) is 0. The van der Waals surface area contributed by atoms with Crippen molar-refractivity contribution in [1.29, 1.82) is 0 Å². The van der Waals surface area contributed by atoms with E-state index in [1.807, 2.05) is 44.9 Å². The molecule has 0 unspecified atom stereocenters. The lowest BCUT2D eigenvalue weighted by Gasteiger charge is -2.20. The van der Waals surface area contributed by atoms with E-state index in [1.54, 1.807) is 4.90 Å². The summed E-state index contributed by atoms with van der Waals surface area (Å²) in [6.45, 7) is 4.44. The first kappa shape index (κ1) is 14.3. The van der Waals surface area contributed by atoms with Gasteiger partial charge in [0, 0.05) is 37.4 Å². The largest absolute Gasteiger partial charge is 0.343 e. The summed E-state index contributed by atoms with van der Waals surface area (Å²) < 4.78 is 2.90. The molecule has 0 aliphatic rings. The Hall–Kier alpha value is -0.810. The second-order valence-electron chi connectivity index (χ2n) is 4.36. The van der Waals surface area contributed by atoms with Crippen molar-refractivity contribution in [2.24, 2.45) is 0 Å². The van der Waals surface area contributed by atoms with Gasteiger partial charge in [-0.15, -0.1) is 0 Å². The zero-order valence-electron chi connectivity index (χ0n) is 10.9. The molecule has 5 heteroatoms. The van der Waals surface area contributed by atoms with Gasteiger partial charge in [-0.05, 0) is 43.0 Å². The Morgan fingerprint density at radius 3 is 2.53 bits per heavy atom. The number of rotatable bonds is 5. The molecule has 0 saturated heterocycles. The van der Waals surface area contributed by atoms with Crippen LogP contribution in [-0.4, -0.2) is 54.5 Å². The number of carbonyl (C=O) groups excluding carboxylic acids is 1. The van der Waals surface area contributed by atoms with Gasteiger partial charge in [-0.1, -0.05) is 0 Å². The SMILES string of the molecule is CCn1cc(Br)cc1C(=O)N(C)CCN(C)C. The Balaban J connectivity index is 2.74. The maximum atomic E-state index is 12.2. The van der Waals surface area contributed by atoms with Crippen LogP contribution in [0.2, 0.25) is 0 Å². The van der Waals surface area contributed by atoms with Crippen LogP contribution in [0.3, 0.4) is 0 Å². The van der Waals surface area contributed by atoms with Gasteiger partial charge in [0.05, 0.1) is 0 Å². The number of likely N-dealkylation sites (N-methyl/N-ethyl adjacent to an activating group) is 2. The zero-order valence-corrected chi connectivity index (χ0v) is 12.5. The summed E-state index contributed by atoms with van der Waals surface area (Å²) >= 11 is 3.40. The number of hydrogen-bond acceptors (Lipinski definition) is 2. The van der Waals surface area contributed by atoms with Crippen molar-refractivity contribution in [3.8, 4) is 0 Å². The summed E-state index contributed by atoms with van der Waals surface area (Å²) in [7, 11) is 5.85. The van der Waals surface area contributed by atoms with Gasteiger partial charge in [0.25, 0.3) is 5.91 Å². The number of halogens is 1. The molecule has 4 nitrogen and oxygen atoms in total. The van der Waals surface area contributed by atoms with E-state index >= 15 is 0 Å². The highest BCUT2D eigenvalue weighted by Crippen LogP contribution is 2.16. The molecule has 1 aromatic heterocycles. The molecule has 0 aliphatic carbocycles. The van der Waals surface area contributed by atoms with Gasteiger partial charge in [-0.2, -0.15) is 0 Å². The van der Waals surface area contributed by atoms with E-state index in [4.69, 9.17) is 0 Å². The van der Waals surface area contributed by atoms with Crippen LogP contribution in [0.25, 0.3) is 0 Å². The van der Waals surface area contributed by atoms with Crippen LogP contribution in [0.4, 0.5) is 0 Å². The van der Waals surface area contributed by atoms with E-state index in [2.05, 4.69) is 20.8 Å². The number of carbonyl (C=O) groups is 1.